The molecule has 0 spiro atoms. The van der Waals surface area contributed by atoms with Crippen molar-refractivity contribution >= 4 is 29.6 Å². The number of carboxylic acids is 1. The molecule has 2 unspecified atom stereocenters. The predicted octanol–water partition coefficient (Wildman–Crippen LogP) is 0.399. The fourth-order valence-corrected chi connectivity index (χ4v) is 3.55. The van der Waals surface area contributed by atoms with Gasteiger partial charge in [-0.05, 0) is 37.0 Å². The number of aliphatic carboxylic acids is 1. The van der Waals surface area contributed by atoms with Gasteiger partial charge in [0.15, 0.2) is 0 Å². The molecule has 31 heavy (non-hydrogen) atoms. The standard InChI is InChI=1S/C22H30ClNO6.Na/c1-14(2)21(29-20(27)16-6-4-3-5-7-16)30-22(28)24-13-12-18(19(25)26)15-8-10-17(23)11-9-15;/h8-11,14,16,18,21H,3-7,12-13H2,1-2H3,(H,24,28)(H,25,26);/q;+1/p-1. The number of rotatable bonds is 9. The summed E-state index contributed by atoms with van der Waals surface area (Å²) < 4.78 is 10.7. The summed E-state index contributed by atoms with van der Waals surface area (Å²) in [6.07, 6.45) is 3.08. The maximum atomic E-state index is 12.3. The molecule has 1 aliphatic carbocycles. The first kappa shape index (κ1) is 27.8. The van der Waals surface area contributed by atoms with Gasteiger partial charge in [-0.25, -0.2) is 4.79 Å². The second-order valence-corrected chi connectivity index (χ2v) is 8.36. The van der Waals surface area contributed by atoms with Gasteiger partial charge in [0.1, 0.15) is 0 Å². The van der Waals surface area contributed by atoms with Crippen LogP contribution in [0.1, 0.15) is 63.9 Å². The average Bonchev–Trinajstić information content (AvgIpc) is 2.72. The first-order chi connectivity index (χ1) is 14.3. The molecule has 2 rings (SSSR count). The van der Waals surface area contributed by atoms with Crippen LogP contribution in [0, 0.1) is 11.8 Å². The minimum absolute atomic E-state index is 0. The molecule has 1 N–H and O–H groups in total. The van der Waals surface area contributed by atoms with Crippen molar-refractivity contribution in [2.24, 2.45) is 11.8 Å². The molecule has 0 bridgehead atoms. The quantitative estimate of drug-likeness (QED) is 0.324. The van der Waals surface area contributed by atoms with Crippen molar-refractivity contribution in [3.8, 4) is 0 Å². The van der Waals surface area contributed by atoms with E-state index in [0.717, 1.165) is 32.1 Å². The molecule has 2 atom stereocenters. The van der Waals surface area contributed by atoms with Gasteiger partial charge in [0.25, 0.3) is 6.29 Å². The molecule has 0 heterocycles. The molecule has 0 aromatic heterocycles. The SMILES string of the molecule is CC(C)C(OC(=O)NCCC(C(=O)[O-])c1ccc(Cl)cc1)OC(=O)C1CCCCC1.[Na+]. The van der Waals surface area contributed by atoms with Crippen molar-refractivity contribution in [2.45, 2.75) is 64.6 Å². The smallest absolute Gasteiger partial charge is 0.549 e. The summed E-state index contributed by atoms with van der Waals surface area (Å²) in [6.45, 7) is 3.64. The van der Waals surface area contributed by atoms with Crippen molar-refractivity contribution < 1.29 is 58.5 Å². The third-order valence-electron chi connectivity index (χ3n) is 5.20. The maximum Gasteiger partial charge on any atom is 1.00 e. The van der Waals surface area contributed by atoms with Crippen molar-refractivity contribution in [1.29, 1.82) is 0 Å². The number of hydrogen-bond donors (Lipinski definition) is 1. The molecule has 1 aromatic carbocycles. The van der Waals surface area contributed by atoms with Gasteiger partial charge in [-0.2, -0.15) is 0 Å². The summed E-state index contributed by atoms with van der Waals surface area (Å²) >= 11 is 5.83. The number of carbonyl (C=O) groups excluding carboxylic acids is 3. The van der Waals surface area contributed by atoms with Crippen LogP contribution < -0.4 is 40.0 Å². The van der Waals surface area contributed by atoms with Crippen LogP contribution in [-0.4, -0.2) is 30.9 Å². The molecule has 1 aromatic rings. The molecule has 0 radical (unpaired) electrons. The zero-order chi connectivity index (χ0) is 22.1. The van der Waals surface area contributed by atoms with Crippen LogP contribution in [0.3, 0.4) is 0 Å². The molecule has 0 aliphatic heterocycles. The number of esters is 1. The van der Waals surface area contributed by atoms with Crippen LogP contribution in [0.5, 0.6) is 0 Å². The normalized spacial score (nSPS) is 16.0. The van der Waals surface area contributed by atoms with Crippen molar-refractivity contribution in [2.75, 3.05) is 6.54 Å². The van der Waals surface area contributed by atoms with E-state index in [9.17, 15) is 19.5 Å². The average molecular weight is 462 g/mol. The number of carboxylic acid groups (broad SMARTS) is 1. The van der Waals surface area contributed by atoms with Crippen LogP contribution in [0.2, 0.25) is 5.02 Å². The first-order valence-corrected chi connectivity index (χ1v) is 10.8. The third-order valence-corrected chi connectivity index (χ3v) is 5.45. The van der Waals surface area contributed by atoms with Gasteiger partial charge in [0.05, 0.1) is 5.92 Å². The van der Waals surface area contributed by atoms with Gasteiger partial charge in [0.2, 0.25) is 0 Å². The monoisotopic (exact) mass is 461 g/mol. The third kappa shape index (κ3) is 9.39. The van der Waals surface area contributed by atoms with E-state index in [0.29, 0.717) is 10.6 Å². The summed E-state index contributed by atoms with van der Waals surface area (Å²) in [4.78, 5) is 35.9. The number of benzene rings is 1. The van der Waals surface area contributed by atoms with Gasteiger partial charge < -0.3 is 24.7 Å². The van der Waals surface area contributed by atoms with Crippen molar-refractivity contribution in [3.05, 3.63) is 34.9 Å². The van der Waals surface area contributed by atoms with Crippen molar-refractivity contribution in [1.82, 2.24) is 5.32 Å². The van der Waals surface area contributed by atoms with E-state index in [1.54, 1.807) is 38.1 Å². The summed E-state index contributed by atoms with van der Waals surface area (Å²) in [5.41, 5.74) is 0.538. The Labute approximate surface area is 210 Å². The minimum atomic E-state index is -1.24. The number of ether oxygens (including phenoxy) is 2. The van der Waals surface area contributed by atoms with Gasteiger partial charge in [-0.1, -0.05) is 56.8 Å². The number of hydrogen-bond acceptors (Lipinski definition) is 6. The van der Waals surface area contributed by atoms with Gasteiger partial charge in [-0.15, -0.1) is 0 Å². The summed E-state index contributed by atoms with van der Waals surface area (Å²) in [7, 11) is 0. The molecular formula is C22H29ClNNaO6. The number of carbonyl (C=O) groups is 3. The molecule has 0 saturated heterocycles. The summed E-state index contributed by atoms with van der Waals surface area (Å²) in [5, 5.41) is 14.5. The Morgan fingerprint density at radius 1 is 1.10 bits per heavy atom. The van der Waals surface area contributed by atoms with E-state index in [-0.39, 0.29) is 60.3 Å². The molecule has 166 valence electrons. The van der Waals surface area contributed by atoms with Crippen molar-refractivity contribution in [3.63, 3.8) is 0 Å². The summed E-state index contributed by atoms with van der Waals surface area (Å²) in [5.74, 6) is -2.83. The Kier molecular flexibility index (Phi) is 12.5. The second kappa shape index (κ2) is 14.0. The van der Waals surface area contributed by atoms with E-state index in [1.807, 2.05) is 0 Å². The van der Waals surface area contributed by atoms with E-state index in [1.165, 1.54) is 0 Å². The second-order valence-electron chi connectivity index (χ2n) is 7.93. The number of halogens is 1. The maximum absolute atomic E-state index is 12.3. The zero-order valence-corrected chi connectivity index (χ0v) is 21.2. The zero-order valence-electron chi connectivity index (χ0n) is 18.4. The Morgan fingerprint density at radius 2 is 1.71 bits per heavy atom. The predicted molar refractivity (Wildman–Crippen MR) is 110 cm³/mol. The van der Waals surface area contributed by atoms with Crippen LogP contribution in [-0.2, 0) is 19.1 Å². The van der Waals surface area contributed by atoms with Crippen LogP contribution >= 0.6 is 11.6 Å². The van der Waals surface area contributed by atoms with Crippen LogP contribution in [0.4, 0.5) is 4.79 Å². The fourth-order valence-electron chi connectivity index (χ4n) is 3.43. The van der Waals surface area contributed by atoms with E-state index in [4.69, 9.17) is 21.1 Å². The van der Waals surface area contributed by atoms with Gasteiger partial charge in [-0.3, -0.25) is 4.79 Å². The van der Waals surface area contributed by atoms with E-state index < -0.39 is 24.3 Å². The molecular weight excluding hydrogens is 433 g/mol. The molecule has 1 saturated carbocycles. The molecule has 1 fully saturated rings. The largest absolute Gasteiger partial charge is 1.00 e. The number of alkyl carbamates (subject to hydrolysis) is 1. The van der Waals surface area contributed by atoms with Gasteiger partial charge >= 0.3 is 41.6 Å². The molecule has 9 heteroatoms. The Balaban J connectivity index is 0.00000480. The minimum Gasteiger partial charge on any atom is -0.549 e. The molecule has 1 aliphatic rings. The van der Waals surface area contributed by atoms with E-state index >= 15 is 0 Å². The molecule has 1 amide bonds. The Morgan fingerprint density at radius 3 is 2.26 bits per heavy atom. The van der Waals surface area contributed by atoms with E-state index in [2.05, 4.69) is 5.32 Å². The Hall–Kier alpha value is -1.28. The number of nitrogens with one attached hydrogen (secondary N) is 1. The van der Waals surface area contributed by atoms with Crippen LogP contribution in [0.25, 0.3) is 0 Å². The van der Waals surface area contributed by atoms with Gasteiger partial charge in [0, 0.05) is 29.4 Å². The first-order valence-electron chi connectivity index (χ1n) is 10.4. The van der Waals surface area contributed by atoms with Crippen LogP contribution in [0.15, 0.2) is 24.3 Å². The molecule has 7 nitrogen and oxygen atoms in total. The topological polar surface area (TPSA) is 105 Å². The summed E-state index contributed by atoms with van der Waals surface area (Å²) in [6, 6.07) is 6.42. The fraction of sp³-hybridized carbons (Fsp3) is 0.591. The Bertz CT molecular complexity index is 721. The number of amides is 1.